The molecule has 0 radical (unpaired) electrons. The molecule has 150 valence electrons. The molecule has 1 rings (SSSR count). The lowest BCUT2D eigenvalue weighted by Crippen LogP contribution is -2.27. The van der Waals surface area contributed by atoms with Crippen molar-refractivity contribution in [2.24, 2.45) is 11.8 Å². The summed E-state index contributed by atoms with van der Waals surface area (Å²) in [7, 11) is -6.60. The zero-order valence-corrected chi connectivity index (χ0v) is 17.8. The fourth-order valence-corrected chi connectivity index (χ4v) is 4.79. The second-order valence-electron chi connectivity index (χ2n) is 7.46. The van der Waals surface area contributed by atoms with Crippen molar-refractivity contribution in [1.82, 2.24) is 9.44 Å². The first-order chi connectivity index (χ1) is 12.0. The molecule has 0 saturated carbocycles. The fraction of sp³-hybridized carbons (Fsp3) is 0.667. The summed E-state index contributed by atoms with van der Waals surface area (Å²) < 4.78 is 53.1. The van der Waals surface area contributed by atoms with Gasteiger partial charge in [0.05, 0.1) is 11.5 Å². The lowest BCUT2D eigenvalue weighted by molar-refractivity contribution is 0.561. The first kappa shape index (κ1) is 23.1. The van der Waals surface area contributed by atoms with Crippen LogP contribution in [0, 0.1) is 11.8 Å². The van der Waals surface area contributed by atoms with E-state index in [0.29, 0.717) is 24.7 Å². The Hall–Kier alpha value is -0.960. The number of hydrogen-bond acceptors (Lipinski definition) is 4. The molecule has 0 aromatic heterocycles. The third-order valence-electron chi connectivity index (χ3n) is 3.91. The molecule has 0 aliphatic heterocycles. The van der Waals surface area contributed by atoms with Crippen LogP contribution in [0.4, 0.5) is 0 Å². The molecule has 2 N–H and O–H groups in total. The van der Waals surface area contributed by atoms with Crippen LogP contribution in [0.5, 0.6) is 0 Å². The van der Waals surface area contributed by atoms with Gasteiger partial charge in [-0.05, 0) is 35.8 Å². The van der Waals surface area contributed by atoms with Crippen molar-refractivity contribution < 1.29 is 16.8 Å². The molecule has 0 atom stereocenters. The van der Waals surface area contributed by atoms with E-state index in [9.17, 15) is 16.8 Å². The van der Waals surface area contributed by atoms with E-state index in [1.54, 1.807) is 6.07 Å². The molecule has 0 bridgehead atoms. The average molecular weight is 405 g/mol. The lowest BCUT2D eigenvalue weighted by atomic mass is 10.1. The number of nitrogens with one attached hydrogen (secondary N) is 2. The Kier molecular flexibility index (Phi) is 9.23. The molecular weight excluding hydrogens is 372 g/mol. The van der Waals surface area contributed by atoms with Crippen LogP contribution in [-0.4, -0.2) is 28.3 Å². The summed E-state index contributed by atoms with van der Waals surface area (Å²) in [6, 6.07) is 7.26. The maximum absolute atomic E-state index is 12.0. The van der Waals surface area contributed by atoms with Gasteiger partial charge in [-0.25, -0.2) is 26.3 Å². The van der Waals surface area contributed by atoms with E-state index in [2.05, 4.69) is 9.44 Å². The lowest BCUT2D eigenvalue weighted by Gasteiger charge is -2.11. The summed E-state index contributed by atoms with van der Waals surface area (Å²) in [6.45, 7) is 8.35. The van der Waals surface area contributed by atoms with Crippen LogP contribution in [-0.2, 0) is 33.1 Å². The van der Waals surface area contributed by atoms with Crippen molar-refractivity contribution in [3.05, 3.63) is 35.4 Å². The third-order valence-corrected chi connectivity index (χ3v) is 6.63. The van der Waals surface area contributed by atoms with Gasteiger partial charge in [0.2, 0.25) is 20.0 Å². The number of benzene rings is 1. The normalized spacial score (nSPS) is 12.8. The molecule has 0 unspecified atom stereocenters. The minimum Gasteiger partial charge on any atom is -0.212 e. The Morgan fingerprint density at radius 3 is 1.50 bits per heavy atom. The Labute approximate surface area is 158 Å². The predicted molar refractivity (Wildman–Crippen MR) is 107 cm³/mol. The van der Waals surface area contributed by atoms with E-state index in [-0.39, 0.29) is 24.6 Å². The van der Waals surface area contributed by atoms with Crippen LogP contribution in [0.3, 0.4) is 0 Å². The minimum atomic E-state index is -3.30. The zero-order valence-electron chi connectivity index (χ0n) is 16.2. The first-order valence-corrected chi connectivity index (χ1v) is 12.3. The first-order valence-electron chi connectivity index (χ1n) is 9.01. The molecule has 6 nitrogen and oxygen atoms in total. The molecule has 0 fully saturated rings. The van der Waals surface area contributed by atoms with Gasteiger partial charge in [0.1, 0.15) is 0 Å². The van der Waals surface area contributed by atoms with Crippen LogP contribution >= 0.6 is 0 Å². The highest BCUT2D eigenvalue weighted by molar-refractivity contribution is 7.89. The molecule has 0 heterocycles. The quantitative estimate of drug-likeness (QED) is 0.560. The molecule has 1 aromatic rings. The van der Waals surface area contributed by atoms with Crippen LogP contribution < -0.4 is 9.44 Å². The second kappa shape index (κ2) is 10.4. The van der Waals surface area contributed by atoms with Gasteiger partial charge in [-0.3, -0.25) is 0 Å². The highest BCUT2D eigenvalue weighted by atomic mass is 32.2. The highest BCUT2D eigenvalue weighted by Crippen LogP contribution is 2.08. The summed E-state index contributed by atoms with van der Waals surface area (Å²) in [5.74, 6) is 0.886. The predicted octanol–water partition coefficient (Wildman–Crippen LogP) is 2.62. The van der Waals surface area contributed by atoms with Gasteiger partial charge in [0.15, 0.2) is 0 Å². The van der Waals surface area contributed by atoms with Crippen molar-refractivity contribution in [2.45, 2.75) is 53.6 Å². The van der Waals surface area contributed by atoms with Crippen molar-refractivity contribution in [3.8, 4) is 0 Å². The molecule has 0 amide bonds. The molecule has 26 heavy (non-hydrogen) atoms. The SMILES string of the molecule is CC(C)CCS(=O)(=O)NCc1cccc(CNS(=O)(=O)CCC(C)C)c1. The maximum atomic E-state index is 12.0. The van der Waals surface area contributed by atoms with Crippen molar-refractivity contribution in [3.63, 3.8) is 0 Å². The van der Waals surface area contributed by atoms with Crippen molar-refractivity contribution in [1.29, 1.82) is 0 Å². The average Bonchev–Trinajstić information content (AvgIpc) is 2.56. The molecule has 0 aliphatic rings. The molecular formula is C18H32N2O4S2. The summed E-state index contributed by atoms with van der Waals surface area (Å²) in [6.07, 6.45) is 1.24. The van der Waals surface area contributed by atoms with Crippen LogP contribution in [0.25, 0.3) is 0 Å². The van der Waals surface area contributed by atoms with Gasteiger partial charge in [-0.2, -0.15) is 0 Å². The fourth-order valence-electron chi connectivity index (χ4n) is 2.16. The second-order valence-corrected chi connectivity index (χ2v) is 11.3. The molecule has 0 saturated heterocycles. The highest BCUT2D eigenvalue weighted by Gasteiger charge is 2.12. The monoisotopic (exact) mass is 404 g/mol. The van der Waals surface area contributed by atoms with Gasteiger partial charge in [-0.1, -0.05) is 52.0 Å². The van der Waals surface area contributed by atoms with E-state index in [4.69, 9.17) is 0 Å². The van der Waals surface area contributed by atoms with Crippen LogP contribution in [0.1, 0.15) is 51.7 Å². The van der Waals surface area contributed by atoms with Crippen LogP contribution in [0.15, 0.2) is 24.3 Å². The topological polar surface area (TPSA) is 92.3 Å². The van der Waals surface area contributed by atoms with Gasteiger partial charge in [0, 0.05) is 13.1 Å². The van der Waals surface area contributed by atoms with E-state index in [1.807, 2.05) is 45.9 Å². The van der Waals surface area contributed by atoms with Crippen LogP contribution in [0.2, 0.25) is 0 Å². The Morgan fingerprint density at radius 2 is 1.15 bits per heavy atom. The smallest absolute Gasteiger partial charge is 0.211 e. The number of rotatable bonds is 12. The number of sulfonamides is 2. The van der Waals surface area contributed by atoms with E-state index < -0.39 is 20.0 Å². The molecule has 0 spiro atoms. The van der Waals surface area contributed by atoms with E-state index in [0.717, 1.165) is 11.1 Å². The number of hydrogen-bond donors (Lipinski definition) is 2. The Bertz CT molecular complexity index is 696. The summed E-state index contributed by atoms with van der Waals surface area (Å²) in [4.78, 5) is 0. The Morgan fingerprint density at radius 1 is 0.769 bits per heavy atom. The molecule has 1 aromatic carbocycles. The third kappa shape index (κ3) is 10.3. The maximum Gasteiger partial charge on any atom is 0.211 e. The van der Waals surface area contributed by atoms with Crippen molar-refractivity contribution >= 4 is 20.0 Å². The van der Waals surface area contributed by atoms with Gasteiger partial charge < -0.3 is 0 Å². The standard InChI is InChI=1S/C18H32N2O4S2/c1-15(2)8-10-25(21,22)19-13-17-6-5-7-18(12-17)14-20-26(23,24)11-9-16(3)4/h5-7,12,15-16,19-20H,8-11,13-14H2,1-4H3. The van der Waals surface area contributed by atoms with Crippen molar-refractivity contribution in [2.75, 3.05) is 11.5 Å². The van der Waals surface area contributed by atoms with Gasteiger partial charge >= 0.3 is 0 Å². The summed E-state index contributed by atoms with van der Waals surface area (Å²) in [5, 5.41) is 0. The zero-order chi connectivity index (χ0) is 19.8. The molecule has 0 aliphatic carbocycles. The summed E-state index contributed by atoms with van der Waals surface area (Å²) >= 11 is 0. The van der Waals surface area contributed by atoms with Gasteiger partial charge in [0.25, 0.3) is 0 Å². The van der Waals surface area contributed by atoms with E-state index in [1.165, 1.54) is 0 Å². The largest absolute Gasteiger partial charge is 0.212 e. The molecule has 8 heteroatoms. The van der Waals surface area contributed by atoms with E-state index >= 15 is 0 Å². The Balaban J connectivity index is 2.57. The van der Waals surface area contributed by atoms with Gasteiger partial charge in [-0.15, -0.1) is 0 Å². The minimum absolute atomic E-state index is 0.111. The summed E-state index contributed by atoms with van der Waals surface area (Å²) in [5.41, 5.74) is 1.61.